The van der Waals surface area contributed by atoms with E-state index in [-0.39, 0.29) is 17.5 Å². The monoisotopic (exact) mass is 367 g/mol. The van der Waals surface area contributed by atoms with Gasteiger partial charge in [0.15, 0.2) is 5.65 Å². The van der Waals surface area contributed by atoms with Crippen molar-refractivity contribution in [2.45, 2.75) is 19.9 Å². The van der Waals surface area contributed by atoms with Crippen LogP contribution in [0.2, 0.25) is 0 Å². The average molecular weight is 367 g/mol. The van der Waals surface area contributed by atoms with E-state index in [9.17, 15) is 9.59 Å². The molecule has 0 saturated carbocycles. The summed E-state index contributed by atoms with van der Waals surface area (Å²) in [7, 11) is 1.66. The van der Waals surface area contributed by atoms with Crippen molar-refractivity contribution in [1.82, 2.24) is 29.6 Å². The van der Waals surface area contributed by atoms with Gasteiger partial charge >= 0.3 is 0 Å². The third kappa shape index (κ3) is 3.05. The minimum atomic E-state index is -0.102. The van der Waals surface area contributed by atoms with Crippen molar-refractivity contribution >= 4 is 22.9 Å². The maximum atomic E-state index is 11.9. The molecule has 1 amide bonds. The molecule has 1 fully saturated rings. The summed E-state index contributed by atoms with van der Waals surface area (Å²) in [4.78, 5) is 40.9. The minimum Gasteiger partial charge on any atom is -0.337 e. The van der Waals surface area contributed by atoms with Crippen molar-refractivity contribution in [2.24, 2.45) is 7.05 Å². The zero-order chi connectivity index (χ0) is 19.1. The number of aryl methyl sites for hydroxylation is 1. The fourth-order valence-corrected chi connectivity index (χ4v) is 3.49. The largest absolute Gasteiger partial charge is 0.337 e. The van der Waals surface area contributed by atoms with Crippen molar-refractivity contribution < 1.29 is 4.79 Å². The Bertz CT molecular complexity index is 1050. The van der Waals surface area contributed by atoms with Crippen LogP contribution in [0.25, 0.3) is 22.3 Å². The Kier molecular flexibility index (Phi) is 4.14. The Labute approximate surface area is 155 Å². The Morgan fingerprint density at radius 3 is 2.63 bits per heavy atom. The molecule has 1 N–H and O–H groups in total. The molecule has 0 radical (unpaired) electrons. The molecule has 4 rings (SSSR count). The van der Waals surface area contributed by atoms with E-state index in [1.165, 1.54) is 4.68 Å². The first-order valence-electron chi connectivity index (χ1n) is 8.84. The number of fused-ring (bicyclic) bond motifs is 1. The Morgan fingerprint density at radius 1 is 1.22 bits per heavy atom. The SMILES string of the molecule is CC(=O)N1CCN(c2ncc(-c3ccc4c(=O)n(C)[nH]c4n3)cn2)CC1C. The molecule has 9 nitrogen and oxygen atoms in total. The molecule has 0 aromatic carbocycles. The van der Waals surface area contributed by atoms with E-state index in [1.807, 2.05) is 11.8 Å². The van der Waals surface area contributed by atoms with Crippen LogP contribution in [0.15, 0.2) is 29.3 Å². The molecule has 140 valence electrons. The molecular weight excluding hydrogens is 346 g/mol. The number of carbonyl (C=O) groups is 1. The predicted molar refractivity (Wildman–Crippen MR) is 101 cm³/mol. The second-order valence-electron chi connectivity index (χ2n) is 6.85. The number of piperazine rings is 1. The maximum absolute atomic E-state index is 11.9. The lowest BCUT2D eigenvalue weighted by Gasteiger charge is -2.39. The summed E-state index contributed by atoms with van der Waals surface area (Å²) in [6, 6.07) is 3.68. The molecule has 3 aromatic heterocycles. The van der Waals surface area contributed by atoms with Crippen LogP contribution in [0.5, 0.6) is 0 Å². The predicted octanol–water partition coefficient (Wildman–Crippen LogP) is 0.776. The van der Waals surface area contributed by atoms with Crippen LogP contribution in [-0.2, 0) is 11.8 Å². The number of hydrogen-bond donors (Lipinski definition) is 1. The lowest BCUT2D eigenvalue weighted by Crippen LogP contribution is -2.53. The molecule has 1 aliphatic heterocycles. The van der Waals surface area contributed by atoms with Gasteiger partial charge in [0.05, 0.1) is 11.1 Å². The highest BCUT2D eigenvalue weighted by Crippen LogP contribution is 2.20. The van der Waals surface area contributed by atoms with Crippen molar-refractivity contribution in [3.63, 3.8) is 0 Å². The molecule has 3 aromatic rings. The van der Waals surface area contributed by atoms with Gasteiger partial charge in [0.25, 0.3) is 5.56 Å². The summed E-state index contributed by atoms with van der Waals surface area (Å²) in [6.07, 6.45) is 3.47. The zero-order valence-electron chi connectivity index (χ0n) is 15.5. The van der Waals surface area contributed by atoms with Gasteiger partial charge in [0.1, 0.15) is 0 Å². The average Bonchev–Trinajstić information content (AvgIpc) is 2.95. The van der Waals surface area contributed by atoms with Gasteiger partial charge in [-0.2, -0.15) is 0 Å². The number of rotatable bonds is 2. The highest BCUT2D eigenvalue weighted by atomic mass is 16.2. The normalized spacial score (nSPS) is 17.5. The number of amides is 1. The molecule has 1 aliphatic rings. The second-order valence-corrected chi connectivity index (χ2v) is 6.85. The summed E-state index contributed by atoms with van der Waals surface area (Å²) in [5, 5.41) is 3.48. The molecule has 0 aliphatic carbocycles. The van der Waals surface area contributed by atoms with Gasteiger partial charge in [-0.15, -0.1) is 0 Å². The lowest BCUT2D eigenvalue weighted by molar-refractivity contribution is -0.131. The third-order valence-electron chi connectivity index (χ3n) is 4.95. The number of carbonyl (C=O) groups excluding carboxylic acids is 1. The number of aromatic amines is 1. The summed E-state index contributed by atoms with van der Waals surface area (Å²) in [5.41, 5.74) is 1.92. The lowest BCUT2D eigenvalue weighted by atomic mass is 10.2. The molecule has 0 bridgehead atoms. The highest BCUT2D eigenvalue weighted by molar-refractivity contribution is 5.77. The van der Waals surface area contributed by atoms with Crippen LogP contribution in [0.4, 0.5) is 5.95 Å². The number of anilines is 1. The number of nitrogens with one attached hydrogen (secondary N) is 1. The molecule has 1 saturated heterocycles. The summed E-state index contributed by atoms with van der Waals surface area (Å²) in [5.74, 6) is 0.738. The van der Waals surface area contributed by atoms with Gasteiger partial charge in [0, 0.05) is 57.6 Å². The summed E-state index contributed by atoms with van der Waals surface area (Å²) in [6.45, 7) is 5.71. The van der Waals surface area contributed by atoms with E-state index in [0.717, 1.165) is 5.56 Å². The minimum absolute atomic E-state index is 0.0961. The fourth-order valence-electron chi connectivity index (χ4n) is 3.49. The van der Waals surface area contributed by atoms with Crippen LogP contribution in [0.1, 0.15) is 13.8 Å². The number of hydrogen-bond acceptors (Lipinski definition) is 6. The molecular formula is C18H21N7O2. The van der Waals surface area contributed by atoms with Gasteiger partial charge in [-0.3, -0.25) is 19.4 Å². The first kappa shape index (κ1) is 17.2. The molecule has 9 heteroatoms. The molecule has 1 atom stereocenters. The molecule has 1 unspecified atom stereocenters. The van der Waals surface area contributed by atoms with E-state index in [4.69, 9.17) is 0 Å². The number of aromatic nitrogens is 5. The van der Waals surface area contributed by atoms with Gasteiger partial charge in [0.2, 0.25) is 11.9 Å². The van der Waals surface area contributed by atoms with Gasteiger partial charge < -0.3 is 9.80 Å². The molecule has 0 spiro atoms. The van der Waals surface area contributed by atoms with Crippen molar-refractivity contribution in [3.8, 4) is 11.3 Å². The van der Waals surface area contributed by atoms with Crippen LogP contribution in [0, 0.1) is 0 Å². The smallest absolute Gasteiger partial charge is 0.275 e. The van der Waals surface area contributed by atoms with E-state index < -0.39 is 0 Å². The van der Waals surface area contributed by atoms with Crippen molar-refractivity contribution in [2.75, 3.05) is 24.5 Å². The Balaban J connectivity index is 1.56. The van der Waals surface area contributed by atoms with Gasteiger partial charge in [-0.1, -0.05) is 0 Å². The highest BCUT2D eigenvalue weighted by Gasteiger charge is 2.26. The second kappa shape index (κ2) is 6.49. The topological polar surface area (TPSA) is 100 Å². The van der Waals surface area contributed by atoms with Crippen LogP contribution < -0.4 is 10.5 Å². The summed E-state index contributed by atoms with van der Waals surface area (Å²) < 4.78 is 1.41. The van der Waals surface area contributed by atoms with Crippen LogP contribution in [-0.4, -0.2) is 61.2 Å². The Morgan fingerprint density at radius 2 is 1.96 bits per heavy atom. The van der Waals surface area contributed by atoms with Gasteiger partial charge in [-0.05, 0) is 19.1 Å². The van der Waals surface area contributed by atoms with E-state index in [2.05, 4.69) is 25.0 Å². The molecule has 4 heterocycles. The van der Waals surface area contributed by atoms with Gasteiger partial charge in [-0.25, -0.2) is 15.0 Å². The maximum Gasteiger partial charge on any atom is 0.275 e. The zero-order valence-corrected chi connectivity index (χ0v) is 15.5. The standard InChI is InChI=1S/C18H21N7O2/c1-11-10-24(6-7-25(11)12(2)26)18-19-8-13(9-20-18)15-5-4-14-16(21-15)22-23(3)17(14)27/h4-5,8-9,11H,6-7,10H2,1-3H3,(H,21,22). The first-order chi connectivity index (χ1) is 12.9. The third-order valence-corrected chi connectivity index (χ3v) is 4.95. The fraction of sp³-hybridized carbons (Fsp3) is 0.389. The summed E-state index contributed by atoms with van der Waals surface area (Å²) >= 11 is 0. The number of pyridine rings is 1. The first-order valence-corrected chi connectivity index (χ1v) is 8.84. The number of nitrogens with zero attached hydrogens (tertiary/aromatic N) is 6. The van der Waals surface area contributed by atoms with Crippen molar-refractivity contribution in [1.29, 1.82) is 0 Å². The van der Waals surface area contributed by atoms with Crippen LogP contribution in [0.3, 0.4) is 0 Å². The quantitative estimate of drug-likeness (QED) is 0.718. The van der Waals surface area contributed by atoms with Crippen LogP contribution >= 0.6 is 0 Å². The van der Waals surface area contributed by atoms with E-state index in [0.29, 0.717) is 42.3 Å². The number of H-pyrrole nitrogens is 1. The molecule has 27 heavy (non-hydrogen) atoms. The van der Waals surface area contributed by atoms with E-state index in [1.54, 1.807) is 38.5 Å². The van der Waals surface area contributed by atoms with E-state index >= 15 is 0 Å². The Hall–Kier alpha value is -3.23. The van der Waals surface area contributed by atoms with Crippen molar-refractivity contribution in [3.05, 3.63) is 34.9 Å².